The van der Waals surface area contributed by atoms with Gasteiger partial charge >= 0.3 is 6.03 Å². The Morgan fingerprint density at radius 3 is 2.63 bits per heavy atom. The number of nitrogens with one attached hydrogen (secondary N) is 1. The first-order valence-corrected chi connectivity index (χ1v) is 8.36. The van der Waals surface area contributed by atoms with Gasteiger partial charge in [-0.25, -0.2) is 9.18 Å². The lowest BCUT2D eigenvalue weighted by molar-refractivity contribution is -0.116. The van der Waals surface area contributed by atoms with E-state index < -0.39 is 11.8 Å². The predicted molar refractivity (Wildman–Crippen MR) is 98.9 cm³/mol. The zero-order valence-corrected chi connectivity index (χ0v) is 15.1. The third kappa shape index (κ3) is 3.94. The predicted octanol–water partition coefficient (Wildman–Crippen LogP) is 2.72. The number of urea groups is 1. The second-order valence-corrected chi connectivity index (χ2v) is 5.92. The summed E-state index contributed by atoms with van der Waals surface area (Å²) >= 11 is 0. The summed E-state index contributed by atoms with van der Waals surface area (Å²) in [7, 11) is 3.02. The van der Waals surface area contributed by atoms with E-state index in [0.29, 0.717) is 30.3 Å². The number of amides is 3. The minimum atomic E-state index is -0.472. The Bertz CT molecular complexity index is 859. The number of anilines is 2. The third-order valence-corrected chi connectivity index (χ3v) is 4.26. The number of para-hydroxylation sites is 1. The van der Waals surface area contributed by atoms with Gasteiger partial charge in [-0.3, -0.25) is 9.69 Å². The van der Waals surface area contributed by atoms with Gasteiger partial charge in [0.25, 0.3) is 0 Å². The number of benzene rings is 2. The SMILES string of the molecule is COc1ccc(NC(=O)CN2CCN(c3ccccc3F)C2=O)c(OC)c1. The first kappa shape index (κ1) is 18.5. The van der Waals surface area contributed by atoms with E-state index in [1.54, 1.807) is 36.4 Å². The molecule has 0 saturated carbocycles. The van der Waals surface area contributed by atoms with Crippen LogP contribution in [0.25, 0.3) is 0 Å². The van der Waals surface area contributed by atoms with Crippen LogP contribution >= 0.6 is 0 Å². The van der Waals surface area contributed by atoms with Crippen molar-refractivity contribution in [3.63, 3.8) is 0 Å². The van der Waals surface area contributed by atoms with Crippen molar-refractivity contribution in [1.82, 2.24) is 4.90 Å². The zero-order valence-electron chi connectivity index (χ0n) is 15.1. The summed E-state index contributed by atoms with van der Waals surface area (Å²) in [5.74, 6) is 0.200. The molecule has 0 spiro atoms. The standard InChI is InChI=1S/C19H20FN3O4/c1-26-13-7-8-15(17(11-13)27-2)21-18(24)12-22-9-10-23(19(22)25)16-6-4-3-5-14(16)20/h3-8,11H,9-10,12H2,1-2H3,(H,21,24). The second-order valence-electron chi connectivity index (χ2n) is 5.92. The average Bonchev–Trinajstić information content (AvgIpc) is 3.02. The van der Waals surface area contributed by atoms with Gasteiger partial charge in [0.2, 0.25) is 5.91 Å². The summed E-state index contributed by atoms with van der Waals surface area (Å²) in [6, 6.07) is 10.7. The van der Waals surface area contributed by atoms with Gasteiger partial charge in [0.05, 0.1) is 25.6 Å². The maximum atomic E-state index is 13.9. The zero-order chi connectivity index (χ0) is 19.4. The van der Waals surface area contributed by atoms with Crippen LogP contribution in [0.2, 0.25) is 0 Å². The number of carbonyl (C=O) groups is 2. The Kier molecular flexibility index (Phi) is 5.44. The van der Waals surface area contributed by atoms with Crippen LogP contribution in [0.4, 0.5) is 20.6 Å². The van der Waals surface area contributed by atoms with Gasteiger partial charge < -0.3 is 19.7 Å². The van der Waals surface area contributed by atoms with E-state index in [2.05, 4.69) is 5.32 Å². The van der Waals surface area contributed by atoms with Gasteiger partial charge in [-0.2, -0.15) is 0 Å². The van der Waals surface area contributed by atoms with Crippen molar-refractivity contribution >= 4 is 23.3 Å². The summed E-state index contributed by atoms with van der Waals surface area (Å²) in [5.41, 5.74) is 0.683. The summed E-state index contributed by atoms with van der Waals surface area (Å²) in [6.07, 6.45) is 0. The monoisotopic (exact) mass is 373 g/mol. The number of ether oxygens (including phenoxy) is 2. The maximum absolute atomic E-state index is 13.9. The van der Waals surface area contributed by atoms with Crippen molar-refractivity contribution < 1.29 is 23.5 Å². The maximum Gasteiger partial charge on any atom is 0.325 e. The molecule has 1 aliphatic heterocycles. The highest BCUT2D eigenvalue weighted by Crippen LogP contribution is 2.29. The van der Waals surface area contributed by atoms with Gasteiger partial charge in [0.15, 0.2) is 0 Å². The molecule has 7 nitrogen and oxygen atoms in total. The molecule has 8 heteroatoms. The summed E-state index contributed by atoms with van der Waals surface area (Å²) in [6.45, 7) is 0.512. The molecule has 1 N–H and O–H groups in total. The van der Waals surface area contributed by atoms with E-state index >= 15 is 0 Å². The van der Waals surface area contributed by atoms with E-state index in [1.807, 2.05) is 0 Å². The van der Waals surface area contributed by atoms with Gasteiger partial charge in [-0.1, -0.05) is 12.1 Å². The number of nitrogens with zero attached hydrogens (tertiary/aromatic N) is 2. The van der Waals surface area contributed by atoms with Crippen LogP contribution in [0, 0.1) is 5.82 Å². The van der Waals surface area contributed by atoms with E-state index in [0.717, 1.165) is 0 Å². The molecule has 2 aromatic rings. The number of methoxy groups -OCH3 is 2. The highest BCUT2D eigenvalue weighted by atomic mass is 19.1. The lowest BCUT2D eigenvalue weighted by Gasteiger charge is -2.19. The lowest BCUT2D eigenvalue weighted by Crippen LogP contribution is -2.37. The van der Waals surface area contributed by atoms with Crippen molar-refractivity contribution in [1.29, 1.82) is 0 Å². The van der Waals surface area contributed by atoms with Crippen molar-refractivity contribution in [2.24, 2.45) is 0 Å². The van der Waals surface area contributed by atoms with Gasteiger partial charge in [0, 0.05) is 19.2 Å². The van der Waals surface area contributed by atoms with Crippen molar-refractivity contribution in [3.8, 4) is 11.5 Å². The Balaban J connectivity index is 1.65. The molecule has 2 aromatic carbocycles. The van der Waals surface area contributed by atoms with Gasteiger partial charge in [-0.05, 0) is 24.3 Å². The molecular formula is C19H20FN3O4. The topological polar surface area (TPSA) is 71.1 Å². The molecule has 0 bridgehead atoms. The minimum absolute atomic E-state index is 0.140. The highest BCUT2D eigenvalue weighted by molar-refractivity contribution is 6.00. The summed E-state index contributed by atoms with van der Waals surface area (Å²) in [4.78, 5) is 27.6. The molecule has 1 saturated heterocycles. The molecule has 3 amide bonds. The number of hydrogen-bond acceptors (Lipinski definition) is 4. The Hall–Kier alpha value is -3.29. The average molecular weight is 373 g/mol. The normalized spacial score (nSPS) is 13.7. The summed E-state index contributed by atoms with van der Waals surface area (Å²) in [5, 5.41) is 2.72. The van der Waals surface area contributed by atoms with Crippen LogP contribution in [-0.2, 0) is 4.79 Å². The number of carbonyl (C=O) groups excluding carboxylic acids is 2. The van der Waals surface area contributed by atoms with Crippen LogP contribution in [0.1, 0.15) is 0 Å². The van der Waals surface area contributed by atoms with Crippen LogP contribution in [0.15, 0.2) is 42.5 Å². The minimum Gasteiger partial charge on any atom is -0.497 e. The molecular weight excluding hydrogens is 353 g/mol. The lowest BCUT2D eigenvalue weighted by atomic mass is 10.2. The van der Waals surface area contributed by atoms with E-state index in [9.17, 15) is 14.0 Å². The van der Waals surface area contributed by atoms with Gasteiger partial charge in [0.1, 0.15) is 23.9 Å². The fraction of sp³-hybridized carbons (Fsp3) is 0.263. The van der Waals surface area contributed by atoms with Crippen LogP contribution < -0.4 is 19.7 Å². The fourth-order valence-corrected chi connectivity index (χ4v) is 2.89. The quantitative estimate of drug-likeness (QED) is 0.845. The fourth-order valence-electron chi connectivity index (χ4n) is 2.89. The highest BCUT2D eigenvalue weighted by Gasteiger charge is 2.32. The molecule has 27 heavy (non-hydrogen) atoms. The smallest absolute Gasteiger partial charge is 0.325 e. The third-order valence-electron chi connectivity index (χ3n) is 4.26. The molecule has 0 atom stereocenters. The second kappa shape index (κ2) is 7.94. The first-order chi connectivity index (χ1) is 13.0. The molecule has 0 aliphatic carbocycles. The molecule has 0 unspecified atom stereocenters. The van der Waals surface area contributed by atoms with Gasteiger partial charge in [-0.15, -0.1) is 0 Å². The van der Waals surface area contributed by atoms with E-state index in [4.69, 9.17) is 9.47 Å². The van der Waals surface area contributed by atoms with Crippen LogP contribution in [0.5, 0.6) is 11.5 Å². The van der Waals surface area contributed by atoms with E-state index in [1.165, 1.54) is 30.1 Å². The largest absolute Gasteiger partial charge is 0.497 e. The summed E-state index contributed by atoms with van der Waals surface area (Å²) < 4.78 is 24.3. The molecule has 1 heterocycles. The van der Waals surface area contributed by atoms with Crippen LogP contribution in [0.3, 0.4) is 0 Å². The molecule has 1 fully saturated rings. The molecule has 142 valence electrons. The van der Waals surface area contributed by atoms with Crippen LogP contribution in [-0.4, -0.2) is 50.7 Å². The number of hydrogen-bond donors (Lipinski definition) is 1. The molecule has 0 radical (unpaired) electrons. The van der Waals surface area contributed by atoms with Crippen molar-refractivity contribution in [3.05, 3.63) is 48.3 Å². The Labute approximate surface area is 156 Å². The van der Waals surface area contributed by atoms with E-state index in [-0.39, 0.29) is 18.1 Å². The number of rotatable bonds is 6. The molecule has 0 aromatic heterocycles. The van der Waals surface area contributed by atoms with Crippen molar-refractivity contribution in [2.75, 3.05) is 44.1 Å². The molecule has 1 aliphatic rings. The Morgan fingerprint density at radius 1 is 1.15 bits per heavy atom. The number of halogens is 1. The first-order valence-electron chi connectivity index (χ1n) is 8.36. The Morgan fingerprint density at radius 2 is 1.93 bits per heavy atom. The molecule has 3 rings (SSSR count). The van der Waals surface area contributed by atoms with Crippen molar-refractivity contribution in [2.45, 2.75) is 0 Å².